The molecule has 0 spiro atoms. The lowest BCUT2D eigenvalue weighted by molar-refractivity contribution is -0.0409. The summed E-state index contributed by atoms with van der Waals surface area (Å²) in [5, 5.41) is 0.546. The molecule has 3 aromatic rings. The Labute approximate surface area is 150 Å². The second kappa shape index (κ2) is 5.88. The molecule has 7 nitrogen and oxygen atoms in total. The van der Waals surface area contributed by atoms with Crippen LogP contribution < -0.4 is 5.73 Å². The molecule has 26 heavy (non-hydrogen) atoms. The van der Waals surface area contributed by atoms with Gasteiger partial charge in [0, 0.05) is 17.5 Å². The zero-order valence-corrected chi connectivity index (χ0v) is 14.9. The van der Waals surface area contributed by atoms with Crippen LogP contribution in [0.25, 0.3) is 22.4 Å². The Kier molecular flexibility index (Phi) is 3.77. The van der Waals surface area contributed by atoms with Crippen molar-refractivity contribution in [2.45, 2.75) is 39.4 Å². The topological polar surface area (TPSA) is 101 Å². The van der Waals surface area contributed by atoms with Gasteiger partial charge in [-0.15, -0.1) is 0 Å². The van der Waals surface area contributed by atoms with Crippen LogP contribution >= 0.6 is 0 Å². The van der Waals surface area contributed by atoms with Crippen LogP contribution in [0.2, 0.25) is 0 Å². The summed E-state index contributed by atoms with van der Waals surface area (Å²) in [4.78, 5) is 16.8. The number of furan rings is 2. The van der Waals surface area contributed by atoms with E-state index in [0.29, 0.717) is 29.9 Å². The second-order valence-corrected chi connectivity index (χ2v) is 6.86. The lowest BCUT2D eigenvalue weighted by Gasteiger charge is -2.32. The molecule has 0 unspecified atom stereocenters. The van der Waals surface area contributed by atoms with Crippen molar-refractivity contribution in [2.24, 2.45) is 0 Å². The summed E-state index contributed by atoms with van der Waals surface area (Å²) < 4.78 is 22.3. The number of ether oxygens (including phenoxy) is 2. The van der Waals surface area contributed by atoms with Gasteiger partial charge in [0.15, 0.2) is 0 Å². The predicted molar refractivity (Wildman–Crippen MR) is 94.7 cm³/mol. The number of rotatable bonds is 3. The van der Waals surface area contributed by atoms with Crippen LogP contribution in [-0.2, 0) is 22.5 Å². The predicted octanol–water partition coefficient (Wildman–Crippen LogP) is 3.70. The van der Waals surface area contributed by atoms with Crippen molar-refractivity contribution < 1.29 is 23.1 Å². The Bertz CT molecular complexity index is 985. The van der Waals surface area contributed by atoms with Crippen molar-refractivity contribution in [1.29, 1.82) is 0 Å². The fraction of sp³-hybridized carbons (Fsp3) is 0.368. The molecule has 2 N–H and O–H groups in total. The zero-order chi connectivity index (χ0) is 18.5. The number of carbonyl (C=O) groups is 1. The number of nitrogens with two attached hydrogens (primary N) is 1. The molecular formula is C19H20N2O5. The van der Waals surface area contributed by atoms with Crippen LogP contribution in [0.15, 0.2) is 27.2 Å². The Morgan fingerprint density at radius 2 is 2.23 bits per heavy atom. The fourth-order valence-corrected chi connectivity index (χ4v) is 3.30. The highest BCUT2D eigenvalue weighted by molar-refractivity contribution is 6.08. The quantitative estimate of drug-likeness (QED) is 0.714. The molecule has 0 bridgehead atoms. The summed E-state index contributed by atoms with van der Waals surface area (Å²) in [7, 11) is 0. The van der Waals surface area contributed by atoms with Crippen LogP contribution in [0.4, 0.5) is 5.69 Å². The highest BCUT2D eigenvalue weighted by Gasteiger charge is 2.33. The van der Waals surface area contributed by atoms with Gasteiger partial charge in [0.1, 0.15) is 5.76 Å². The molecule has 1 aliphatic heterocycles. The van der Waals surface area contributed by atoms with E-state index in [0.717, 1.165) is 16.8 Å². The van der Waals surface area contributed by atoms with E-state index in [9.17, 15) is 4.79 Å². The SMILES string of the molecule is CCOC(=O)c1oc2nc3c(c(-c4ccco4)c2c1N)COC(C)(C)C3. The van der Waals surface area contributed by atoms with Gasteiger partial charge in [-0.3, -0.25) is 0 Å². The average Bonchev–Trinajstić information content (AvgIpc) is 3.21. The first-order chi connectivity index (χ1) is 12.4. The summed E-state index contributed by atoms with van der Waals surface area (Å²) in [6.45, 7) is 6.35. The second-order valence-electron chi connectivity index (χ2n) is 6.86. The molecule has 7 heteroatoms. The Hall–Kier alpha value is -2.80. The molecule has 0 fully saturated rings. The van der Waals surface area contributed by atoms with Crippen molar-refractivity contribution in [3.63, 3.8) is 0 Å². The van der Waals surface area contributed by atoms with E-state index in [-0.39, 0.29) is 23.7 Å². The average molecular weight is 356 g/mol. The largest absolute Gasteiger partial charge is 0.464 e. The number of nitrogen functional groups attached to an aromatic ring is 1. The Balaban J connectivity index is 2.02. The van der Waals surface area contributed by atoms with Crippen LogP contribution in [0, 0.1) is 0 Å². The number of carbonyl (C=O) groups excluding carboxylic acids is 1. The van der Waals surface area contributed by atoms with Gasteiger partial charge >= 0.3 is 5.97 Å². The van der Waals surface area contributed by atoms with Crippen LogP contribution in [0.5, 0.6) is 0 Å². The van der Waals surface area contributed by atoms with E-state index in [1.807, 2.05) is 19.9 Å². The number of anilines is 1. The molecule has 0 atom stereocenters. The number of nitrogens with zero attached hydrogens (tertiary/aromatic N) is 1. The Morgan fingerprint density at radius 3 is 2.92 bits per heavy atom. The smallest absolute Gasteiger partial charge is 0.376 e. The molecular weight excluding hydrogens is 336 g/mol. The molecule has 3 aromatic heterocycles. The first-order valence-corrected chi connectivity index (χ1v) is 8.50. The first kappa shape index (κ1) is 16.7. The van der Waals surface area contributed by atoms with Gasteiger partial charge in [0.25, 0.3) is 0 Å². The van der Waals surface area contributed by atoms with E-state index < -0.39 is 5.97 Å². The lowest BCUT2D eigenvalue weighted by Crippen LogP contribution is -2.32. The first-order valence-electron chi connectivity index (χ1n) is 8.50. The number of hydrogen-bond donors (Lipinski definition) is 1. The summed E-state index contributed by atoms with van der Waals surface area (Å²) in [5.41, 5.74) is 8.91. The van der Waals surface area contributed by atoms with Crippen molar-refractivity contribution in [1.82, 2.24) is 4.98 Å². The highest BCUT2D eigenvalue weighted by atomic mass is 16.5. The third kappa shape index (κ3) is 2.55. The normalized spacial score (nSPS) is 15.8. The summed E-state index contributed by atoms with van der Waals surface area (Å²) in [6, 6.07) is 3.63. The Morgan fingerprint density at radius 1 is 1.42 bits per heavy atom. The monoisotopic (exact) mass is 356 g/mol. The maximum atomic E-state index is 12.2. The van der Waals surface area contributed by atoms with Crippen molar-refractivity contribution in [3.8, 4) is 11.3 Å². The van der Waals surface area contributed by atoms with E-state index >= 15 is 0 Å². The summed E-state index contributed by atoms with van der Waals surface area (Å²) in [6.07, 6.45) is 2.20. The molecule has 0 saturated carbocycles. The molecule has 0 aromatic carbocycles. The van der Waals surface area contributed by atoms with E-state index in [1.54, 1.807) is 19.3 Å². The van der Waals surface area contributed by atoms with Crippen molar-refractivity contribution in [2.75, 3.05) is 12.3 Å². The highest BCUT2D eigenvalue weighted by Crippen LogP contribution is 2.42. The number of pyridine rings is 1. The van der Waals surface area contributed by atoms with E-state index in [4.69, 9.17) is 24.0 Å². The maximum absolute atomic E-state index is 12.2. The van der Waals surface area contributed by atoms with Crippen LogP contribution in [0.3, 0.4) is 0 Å². The van der Waals surface area contributed by atoms with Crippen LogP contribution in [-0.4, -0.2) is 23.2 Å². The molecule has 0 saturated heterocycles. The molecule has 1 aliphatic rings. The molecule has 136 valence electrons. The van der Waals surface area contributed by atoms with Gasteiger partial charge in [-0.2, -0.15) is 0 Å². The number of hydrogen-bond acceptors (Lipinski definition) is 7. The minimum absolute atomic E-state index is 0.0373. The summed E-state index contributed by atoms with van der Waals surface area (Å²) in [5.74, 6) is -0.0208. The third-order valence-electron chi connectivity index (χ3n) is 4.49. The van der Waals surface area contributed by atoms with Gasteiger partial charge in [-0.05, 0) is 32.9 Å². The minimum Gasteiger partial charge on any atom is -0.464 e. The standard InChI is InChI=1S/C19H20N2O5/c1-4-23-18(22)16-15(20)14-13(12-6-5-7-24-12)10-9-25-19(2,3)8-11(10)21-17(14)26-16/h5-7H,4,8-9,20H2,1-3H3. The minimum atomic E-state index is -0.608. The molecule has 0 aliphatic carbocycles. The molecule has 4 rings (SSSR count). The van der Waals surface area contributed by atoms with E-state index in [1.165, 1.54) is 0 Å². The number of aromatic nitrogens is 1. The van der Waals surface area contributed by atoms with Gasteiger partial charge in [-0.1, -0.05) is 0 Å². The zero-order valence-electron chi connectivity index (χ0n) is 14.9. The van der Waals surface area contributed by atoms with Crippen molar-refractivity contribution in [3.05, 3.63) is 35.4 Å². The lowest BCUT2D eigenvalue weighted by atomic mass is 9.91. The maximum Gasteiger partial charge on any atom is 0.376 e. The fourth-order valence-electron chi connectivity index (χ4n) is 3.30. The molecule has 0 radical (unpaired) electrons. The molecule has 4 heterocycles. The van der Waals surface area contributed by atoms with Gasteiger partial charge in [0.2, 0.25) is 11.5 Å². The van der Waals surface area contributed by atoms with E-state index in [2.05, 4.69) is 4.98 Å². The molecule has 0 amide bonds. The number of fused-ring (bicyclic) bond motifs is 2. The number of esters is 1. The van der Waals surface area contributed by atoms with Crippen molar-refractivity contribution >= 4 is 22.8 Å². The third-order valence-corrected chi connectivity index (χ3v) is 4.49. The van der Waals surface area contributed by atoms with Gasteiger partial charge in [0.05, 0.1) is 41.8 Å². The van der Waals surface area contributed by atoms with Gasteiger partial charge < -0.3 is 24.0 Å². The van der Waals surface area contributed by atoms with Crippen LogP contribution in [0.1, 0.15) is 42.6 Å². The summed E-state index contributed by atoms with van der Waals surface area (Å²) >= 11 is 0. The van der Waals surface area contributed by atoms with Gasteiger partial charge in [-0.25, -0.2) is 9.78 Å².